The Morgan fingerprint density at radius 2 is 2.42 bits per heavy atom. The van der Waals surface area contributed by atoms with Gasteiger partial charge in [-0.05, 0) is 25.0 Å². The van der Waals surface area contributed by atoms with Crippen molar-refractivity contribution in [1.82, 2.24) is 0 Å². The third-order valence-corrected chi connectivity index (χ3v) is 3.06. The maximum atomic E-state index is 13.8. The minimum atomic E-state index is -0.471. The summed E-state index contributed by atoms with van der Waals surface area (Å²) in [6, 6.07) is 4.50. The monoisotopic (exact) mass is 286 g/mol. The number of hydrogen-bond acceptors (Lipinski definition) is 3. The second-order valence-corrected chi connectivity index (χ2v) is 4.54. The van der Waals surface area contributed by atoms with Crippen LogP contribution >= 0.6 is 11.6 Å². The smallest absolute Gasteiger partial charge is 0.180 e. The summed E-state index contributed by atoms with van der Waals surface area (Å²) in [4.78, 5) is 4.04. The number of amidine groups is 1. The fourth-order valence-electron chi connectivity index (χ4n) is 1.87. The van der Waals surface area contributed by atoms with Gasteiger partial charge >= 0.3 is 0 Å². The topological polar surface area (TPSA) is 56.8 Å². The standard InChI is InChI=1S/C13H16ClFN2O2/c14-7-12(16)17-11-5-1-4-10(15)13(11)19-8-9-3-2-6-18-9/h1,4-5,9H,2-3,6-8H2,(H2,16,17). The average molecular weight is 287 g/mol. The van der Waals surface area contributed by atoms with Gasteiger partial charge < -0.3 is 15.2 Å². The van der Waals surface area contributed by atoms with E-state index in [4.69, 9.17) is 26.8 Å². The fourth-order valence-corrected chi connectivity index (χ4v) is 1.92. The summed E-state index contributed by atoms with van der Waals surface area (Å²) >= 11 is 5.56. The molecule has 19 heavy (non-hydrogen) atoms. The quantitative estimate of drug-likeness (QED) is 0.514. The first-order valence-electron chi connectivity index (χ1n) is 6.12. The van der Waals surface area contributed by atoms with E-state index in [9.17, 15) is 4.39 Å². The minimum Gasteiger partial charge on any atom is -0.486 e. The van der Waals surface area contributed by atoms with Crippen molar-refractivity contribution in [2.75, 3.05) is 19.1 Å². The average Bonchev–Trinajstić information content (AvgIpc) is 2.91. The van der Waals surface area contributed by atoms with Gasteiger partial charge in [0, 0.05) is 6.61 Å². The van der Waals surface area contributed by atoms with Crippen LogP contribution < -0.4 is 10.5 Å². The molecule has 1 aliphatic heterocycles. The van der Waals surface area contributed by atoms with Crippen LogP contribution in [0.2, 0.25) is 0 Å². The number of benzene rings is 1. The number of hydrogen-bond donors (Lipinski definition) is 1. The van der Waals surface area contributed by atoms with Crippen molar-refractivity contribution < 1.29 is 13.9 Å². The van der Waals surface area contributed by atoms with E-state index in [2.05, 4.69) is 4.99 Å². The van der Waals surface area contributed by atoms with Crippen LogP contribution in [-0.4, -0.2) is 31.0 Å². The molecule has 1 saturated heterocycles. The predicted octanol–water partition coefficient (Wildman–Crippen LogP) is 2.61. The molecule has 0 radical (unpaired) electrons. The van der Waals surface area contributed by atoms with Crippen molar-refractivity contribution in [3.05, 3.63) is 24.0 Å². The highest BCUT2D eigenvalue weighted by atomic mass is 35.5. The fraction of sp³-hybridized carbons (Fsp3) is 0.462. The normalized spacial score (nSPS) is 19.7. The molecule has 1 atom stereocenters. The van der Waals surface area contributed by atoms with Gasteiger partial charge in [-0.1, -0.05) is 6.07 Å². The Morgan fingerprint density at radius 1 is 1.58 bits per heavy atom. The van der Waals surface area contributed by atoms with Crippen LogP contribution in [-0.2, 0) is 4.74 Å². The highest BCUT2D eigenvalue weighted by Crippen LogP contribution is 2.31. The molecule has 1 aromatic carbocycles. The van der Waals surface area contributed by atoms with Gasteiger partial charge in [-0.3, -0.25) is 0 Å². The first-order chi connectivity index (χ1) is 9.20. The number of halogens is 2. The largest absolute Gasteiger partial charge is 0.486 e. The molecule has 1 aliphatic rings. The molecule has 0 bridgehead atoms. The predicted molar refractivity (Wildman–Crippen MR) is 72.9 cm³/mol. The maximum absolute atomic E-state index is 13.8. The summed E-state index contributed by atoms with van der Waals surface area (Å²) in [6.07, 6.45) is 1.95. The van der Waals surface area contributed by atoms with Gasteiger partial charge in [0.15, 0.2) is 11.6 Å². The Morgan fingerprint density at radius 3 is 3.11 bits per heavy atom. The van der Waals surface area contributed by atoms with Gasteiger partial charge in [0.1, 0.15) is 18.1 Å². The zero-order valence-corrected chi connectivity index (χ0v) is 11.2. The SMILES string of the molecule is NC(CCl)=Nc1cccc(F)c1OCC1CCCO1. The second kappa shape index (κ2) is 6.73. The van der Waals surface area contributed by atoms with E-state index in [0.717, 1.165) is 19.4 Å². The van der Waals surface area contributed by atoms with Crippen molar-refractivity contribution in [1.29, 1.82) is 0 Å². The molecule has 2 rings (SSSR count). The number of aliphatic imine (C=N–C) groups is 1. The molecule has 1 heterocycles. The van der Waals surface area contributed by atoms with Gasteiger partial charge in [0.05, 0.1) is 12.0 Å². The molecule has 0 amide bonds. The molecule has 104 valence electrons. The Kier molecular flexibility index (Phi) is 4.99. The van der Waals surface area contributed by atoms with Crippen molar-refractivity contribution in [2.45, 2.75) is 18.9 Å². The molecule has 2 N–H and O–H groups in total. The van der Waals surface area contributed by atoms with Crippen LogP contribution in [0.3, 0.4) is 0 Å². The lowest BCUT2D eigenvalue weighted by molar-refractivity contribution is 0.0668. The number of rotatable bonds is 5. The molecule has 4 nitrogen and oxygen atoms in total. The lowest BCUT2D eigenvalue weighted by Crippen LogP contribution is -2.17. The van der Waals surface area contributed by atoms with Crippen LogP contribution in [0.15, 0.2) is 23.2 Å². The van der Waals surface area contributed by atoms with Crippen molar-refractivity contribution >= 4 is 23.1 Å². The maximum Gasteiger partial charge on any atom is 0.180 e. The summed E-state index contributed by atoms with van der Waals surface area (Å²) in [5.74, 6) is -0.0799. The summed E-state index contributed by atoms with van der Waals surface area (Å²) < 4.78 is 24.7. The molecule has 1 unspecified atom stereocenters. The van der Waals surface area contributed by atoms with Crippen LogP contribution in [0.25, 0.3) is 0 Å². The molecular weight excluding hydrogens is 271 g/mol. The third-order valence-electron chi connectivity index (χ3n) is 2.78. The molecule has 0 spiro atoms. The lowest BCUT2D eigenvalue weighted by Gasteiger charge is -2.13. The summed E-state index contributed by atoms with van der Waals surface area (Å²) in [5.41, 5.74) is 5.90. The summed E-state index contributed by atoms with van der Waals surface area (Å²) in [7, 11) is 0. The van der Waals surface area contributed by atoms with E-state index in [0.29, 0.717) is 12.3 Å². The number of para-hydroxylation sites is 1. The van der Waals surface area contributed by atoms with E-state index in [-0.39, 0.29) is 23.6 Å². The number of ether oxygens (including phenoxy) is 2. The molecule has 0 saturated carbocycles. The van der Waals surface area contributed by atoms with Crippen molar-refractivity contribution in [3.63, 3.8) is 0 Å². The third kappa shape index (κ3) is 3.81. The van der Waals surface area contributed by atoms with Gasteiger partial charge in [-0.15, -0.1) is 11.6 Å². The van der Waals surface area contributed by atoms with Crippen LogP contribution in [0, 0.1) is 5.82 Å². The van der Waals surface area contributed by atoms with Crippen LogP contribution in [0.5, 0.6) is 5.75 Å². The van der Waals surface area contributed by atoms with E-state index < -0.39 is 5.82 Å². The first kappa shape index (κ1) is 14.1. The lowest BCUT2D eigenvalue weighted by atomic mass is 10.2. The van der Waals surface area contributed by atoms with Gasteiger partial charge in [-0.25, -0.2) is 9.38 Å². The van der Waals surface area contributed by atoms with Gasteiger partial charge in [0.25, 0.3) is 0 Å². The molecule has 6 heteroatoms. The first-order valence-corrected chi connectivity index (χ1v) is 6.66. The van der Waals surface area contributed by atoms with Crippen molar-refractivity contribution in [3.8, 4) is 5.75 Å². The highest BCUT2D eigenvalue weighted by Gasteiger charge is 2.18. The Bertz CT molecular complexity index is 462. The molecular formula is C13H16ClFN2O2. The zero-order chi connectivity index (χ0) is 13.7. The molecule has 1 fully saturated rings. The number of nitrogens with zero attached hydrogens (tertiary/aromatic N) is 1. The molecule has 0 aromatic heterocycles. The van der Waals surface area contributed by atoms with Crippen LogP contribution in [0.1, 0.15) is 12.8 Å². The van der Waals surface area contributed by atoms with Gasteiger partial charge in [0.2, 0.25) is 0 Å². The highest BCUT2D eigenvalue weighted by molar-refractivity contribution is 6.28. The summed E-state index contributed by atoms with van der Waals surface area (Å²) in [6.45, 7) is 1.04. The minimum absolute atomic E-state index is 0.0156. The second-order valence-electron chi connectivity index (χ2n) is 4.27. The van der Waals surface area contributed by atoms with E-state index in [1.807, 2.05) is 0 Å². The Labute approximate surface area is 116 Å². The van der Waals surface area contributed by atoms with E-state index >= 15 is 0 Å². The summed E-state index contributed by atoms with van der Waals surface area (Å²) in [5, 5.41) is 0. The van der Waals surface area contributed by atoms with Crippen LogP contribution in [0.4, 0.5) is 10.1 Å². The zero-order valence-electron chi connectivity index (χ0n) is 10.4. The number of alkyl halides is 1. The van der Waals surface area contributed by atoms with Crippen molar-refractivity contribution in [2.24, 2.45) is 10.7 Å². The Hall–Kier alpha value is -1.33. The van der Waals surface area contributed by atoms with Gasteiger partial charge in [-0.2, -0.15) is 0 Å². The molecule has 0 aliphatic carbocycles. The van der Waals surface area contributed by atoms with E-state index in [1.54, 1.807) is 12.1 Å². The Balaban J connectivity index is 2.12. The number of nitrogens with two attached hydrogens (primary N) is 1. The van der Waals surface area contributed by atoms with E-state index in [1.165, 1.54) is 6.07 Å². The molecule has 1 aromatic rings.